The monoisotopic (exact) mass is 256 g/mol. The molecule has 72 valence electrons. The van der Waals surface area contributed by atoms with Gasteiger partial charge in [0.05, 0.1) is 15.9 Å². The molecule has 0 amide bonds. The maximum Gasteiger partial charge on any atom is 0.283 e. The number of nitro groups is 1. The first-order chi connectivity index (χ1) is 6.65. The third-order valence-electron chi connectivity index (χ3n) is 1.52. The average Bonchev–Trinajstić information content (AvgIpc) is 2.16. The fourth-order valence-electron chi connectivity index (χ4n) is 0.910. The highest BCUT2D eigenvalue weighted by Gasteiger charge is 2.11. The van der Waals surface area contributed by atoms with E-state index in [9.17, 15) is 10.1 Å². The van der Waals surface area contributed by atoms with Gasteiger partial charge in [0, 0.05) is 11.0 Å². The summed E-state index contributed by atoms with van der Waals surface area (Å²) in [7, 11) is 0. The molecule has 0 aromatic heterocycles. The molecular weight excluding hydrogens is 252 g/mol. The smallest absolute Gasteiger partial charge is 0.258 e. The number of azide groups is 1. The molecule has 0 spiro atoms. The van der Waals surface area contributed by atoms with Crippen molar-refractivity contribution in [2.75, 3.05) is 0 Å². The number of hydrogen-bond donors (Lipinski definition) is 0. The molecule has 6 nitrogen and oxygen atoms in total. The van der Waals surface area contributed by atoms with Gasteiger partial charge in [-0.25, -0.2) is 0 Å². The van der Waals surface area contributed by atoms with Gasteiger partial charge in [-0.2, -0.15) is 0 Å². The maximum atomic E-state index is 10.5. The van der Waals surface area contributed by atoms with E-state index in [1.54, 1.807) is 12.1 Å². The van der Waals surface area contributed by atoms with Crippen molar-refractivity contribution >= 4 is 21.6 Å². The Morgan fingerprint density at radius 2 is 2.36 bits per heavy atom. The fraction of sp³-hybridized carbons (Fsp3) is 0.143. The summed E-state index contributed by atoms with van der Waals surface area (Å²) in [5.74, 6) is 0. The molecule has 0 aliphatic rings. The van der Waals surface area contributed by atoms with Crippen molar-refractivity contribution in [3.63, 3.8) is 0 Å². The fourth-order valence-corrected chi connectivity index (χ4v) is 1.30. The van der Waals surface area contributed by atoms with Gasteiger partial charge in [0.25, 0.3) is 5.69 Å². The number of rotatable bonds is 3. The summed E-state index contributed by atoms with van der Waals surface area (Å²) in [6, 6.07) is 4.59. The lowest BCUT2D eigenvalue weighted by Crippen LogP contribution is -1.91. The Bertz CT molecular complexity index is 414. The van der Waals surface area contributed by atoms with E-state index in [4.69, 9.17) is 5.53 Å². The van der Waals surface area contributed by atoms with Crippen LogP contribution in [0.3, 0.4) is 0 Å². The van der Waals surface area contributed by atoms with Crippen molar-refractivity contribution in [2.45, 2.75) is 6.54 Å². The van der Waals surface area contributed by atoms with Crippen LogP contribution in [0.2, 0.25) is 0 Å². The van der Waals surface area contributed by atoms with Gasteiger partial charge in [0.1, 0.15) is 0 Å². The molecule has 0 radical (unpaired) electrons. The average molecular weight is 257 g/mol. The van der Waals surface area contributed by atoms with Gasteiger partial charge in [-0.3, -0.25) is 10.1 Å². The molecule has 0 N–H and O–H groups in total. The van der Waals surface area contributed by atoms with Gasteiger partial charge in [-0.05, 0) is 33.1 Å². The van der Waals surface area contributed by atoms with Crippen molar-refractivity contribution < 1.29 is 4.92 Å². The molecule has 1 rings (SSSR count). The summed E-state index contributed by atoms with van der Waals surface area (Å²) in [6.07, 6.45) is 0. The molecule has 0 aliphatic heterocycles. The van der Waals surface area contributed by atoms with Gasteiger partial charge < -0.3 is 0 Å². The van der Waals surface area contributed by atoms with Gasteiger partial charge in [0.2, 0.25) is 0 Å². The van der Waals surface area contributed by atoms with Crippen LogP contribution in [0.5, 0.6) is 0 Å². The molecule has 0 aliphatic carbocycles. The van der Waals surface area contributed by atoms with Gasteiger partial charge in [-0.15, -0.1) is 0 Å². The maximum absolute atomic E-state index is 10.5. The molecule has 0 heterocycles. The first-order valence-electron chi connectivity index (χ1n) is 3.59. The van der Waals surface area contributed by atoms with Crippen molar-refractivity contribution in [3.8, 4) is 0 Å². The standard InChI is InChI=1S/C7H5BrN4O2/c8-6-2-1-5(4-10-11-9)3-7(6)12(13)14/h1-3H,4H2. The Morgan fingerprint density at radius 3 is 2.93 bits per heavy atom. The summed E-state index contributed by atoms with van der Waals surface area (Å²) >= 11 is 3.05. The summed E-state index contributed by atoms with van der Waals surface area (Å²) in [5.41, 5.74) is 8.65. The van der Waals surface area contributed by atoms with E-state index >= 15 is 0 Å². The van der Waals surface area contributed by atoms with Crippen LogP contribution in [-0.4, -0.2) is 4.92 Å². The van der Waals surface area contributed by atoms with E-state index < -0.39 is 4.92 Å². The first kappa shape index (κ1) is 10.5. The number of nitrogens with zero attached hydrogens (tertiary/aromatic N) is 4. The zero-order chi connectivity index (χ0) is 10.6. The van der Waals surface area contributed by atoms with Crippen LogP contribution in [0.1, 0.15) is 5.56 Å². The minimum atomic E-state index is -0.496. The minimum absolute atomic E-state index is 0.0318. The van der Waals surface area contributed by atoms with E-state index in [-0.39, 0.29) is 12.2 Å². The highest BCUT2D eigenvalue weighted by atomic mass is 79.9. The Hall–Kier alpha value is -1.59. The highest BCUT2D eigenvalue weighted by Crippen LogP contribution is 2.25. The van der Waals surface area contributed by atoms with Crippen molar-refractivity contribution in [2.24, 2.45) is 5.11 Å². The largest absolute Gasteiger partial charge is 0.283 e. The molecule has 0 unspecified atom stereocenters. The third kappa shape index (κ3) is 2.45. The minimum Gasteiger partial charge on any atom is -0.258 e. The van der Waals surface area contributed by atoms with Gasteiger partial charge in [-0.1, -0.05) is 11.2 Å². The van der Waals surface area contributed by atoms with E-state index in [1.807, 2.05) is 0 Å². The summed E-state index contributed by atoms with van der Waals surface area (Å²) in [5, 5.41) is 13.8. The van der Waals surface area contributed by atoms with Crippen molar-refractivity contribution in [1.82, 2.24) is 0 Å². The second-order valence-corrected chi connectivity index (χ2v) is 3.29. The highest BCUT2D eigenvalue weighted by molar-refractivity contribution is 9.10. The van der Waals surface area contributed by atoms with Crippen LogP contribution < -0.4 is 0 Å². The molecule has 0 saturated heterocycles. The molecule has 1 aromatic rings. The molecule has 0 bridgehead atoms. The molecule has 0 fully saturated rings. The van der Waals surface area contributed by atoms with Crippen molar-refractivity contribution in [1.29, 1.82) is 0 Å². The molecule has 0 saturated carbocycles. The zero-order valence-electron chi connectivity index (χ0n) is 6.92. The molecule has 7 heteroatoms. The van der Waals surface area contributed by atoms with Gasteiger partial charge in [0.15, 0.2) is 0 Å². The summed E-state index contributed by atoms with van der Waals surface area (Å²) in [4.78, 5) is 12.6. The van der Waals surface area contributed by atoms with Crippen LogP contribution in [-0.2, 0) is 6.54 Å². The normalized spacial score (nSPS) is 9.21. The predicted molar refractivity (Wildman–Crippen MR) is 53.6 cm³/mol. The zero-order valence-corrected chi connectivity index (χ0v) is 8.51. The summed E-state index contributed by atoms with van der Waals surface area (Å²) in [6.45, 7) is 0.116. The Morgan fingerprint density at radius 1 is 1.64 bits per heavy atom. The number of halogens is 1. The molecular formula is C7H5BrN4O2. The molecule has 0 atom stereocenters. The lowest BCUT2D eigenvalue weighted by atomic mass is 10.2. The Labute approximate surface area is 87.5 Å². The summed E-state index contributed by atoms with van der Waals surface area (Å²) < 4.78 is 0.409. The SMILES string of the molecule is [N-]=[N+]=NCc1ccc(Br)c([N+](=O)[O-])c1. The van der Waals surface area contributed by atoms with E-state index in [0.717, 1.165) is 0 Å². The third-order valence-corrected chi connectivity index (χ3v) is 2.19. The quantitative estimate of drug-likeness (QED) is 0.273. The second-order valence-electron chi connectivity index (χ2n) is 2.43. The number of nitro benzene ring substituents is 1. The van der Waals surface area contributed by atoms with Crippen molar-refractivity contribution in [3.05, 3.63) is 48.8 Å². The molecule has 1 aromatic carbocycles. The second kappa shape index (κ2) is 4.59. The topological polar surface area (TPSA) is 91.9 Å². The lowest BCUT2D eigenvalue weighted by molar-refractivity contribution is -0.385. The predicted octanol–water partition coefficient (Wildman–Crippen LogP) is 3.17. The first-order valence-corrected chi connectivity index (χ1v) is 4.38. The van der Waals surface area contributed by atoms with E-state index in [0.29, 0.717) is 10.0 Å². The van der Waals surface area contributed by atoms with Gasteiger partial charge >= 0.3 is 0 Å². The Balaban J connectivity index is 3.06. The lowest BCUT2D eigenvalue weighted by Gasteiger charge is -1.98. The van der Waals surface area contributed by atoms with Crippen LogP contribution >= 0.6 is 15.9 Å². The van der Waals surface area contributed by atoms with Crippen LogP contribution in [0, 0.1) is 10.1 Å². The van der Waals surface area contributed by atoms with E-state index in [1.165, 1.54) is 6.07 Å². The van der Waals surface area contributed by atoms with E-state index in [2.05, 4.69) is 26.0 Å². The van der Waals surface area contributed by atoms with Crippen LogP contribution in [0.25, 0.3) is 10.4 Å². The van der Waals surface area contributed by atoms with Crippen LogP contribution in [0.4, 0.5) is 5.69 Å². The van der Waals surface area contributed by atoms with Crippen LogP contribution in [0.15, 0.2) is 27.8 Å². The molecule has 14 heavy (non-hydrogen) atoms. The Kier molecular flexibility index (Phi) is 3.44. The number of hydrogen-bond acceptors (Lipinski definition) is 3. The number of benzene rings is 1.